The van der Waals surface area contributed by atoms with Crippen LogP contribution in [-0.2, 0) is 5.41 Å². The monoisotopic (exact) mass is 769 g/mol. The summed E-state index contributed by atoms with van der Waals surface area (Å²) in [5.41, 5.74) is 13.6. The van der Waals surface area contributed by atoms with Crippen LogP contribution in [0.25, 0.3) is 85.9 Å². The molecule has 0 amide bonds. The van der Waals surface area contributed by atoms with Crippen LogP contribution in [0.15, 0.2) is 200 Å². The van der Waals surface area contributed by atoms with Crippen molar-refractivity contribution in [2.45, 2.75) is 19.3 Å². The third-order valence-electron chi connectivity index (χ3n) is 12.9. The predicted octanol–water partition coefficient (Wildman–Crippen LogP) is 16.6. The molecule has 0 fully saturated rings. The molecular formula is C57H39NS. The Morgan fingerprint density at radius 3 is 1.64 bits per heavy atom. The molecule has 59 heavy (non-hydrogen) atoms. The lowest BCUT2D eigenvalue weighted by molar-refractivity contribution is 0.660. The molecule has 0 unspecified atom stereocenters. The molecule has 1 aliphatic rings. The van der Waals surface area contributed by atoms with E-state index in [2.05, 4.69) is 219 Å². The van der Waals surface area contributed by atoms with Gasteiger partial charge in [0, 0.05) is 42.5 Å². The van der Waals surface area contributed by atoms with E-state index in [1.54, 1.807) is 0 Å². The van der Waals surface area contributed by atoms with E-state index in [0.29, 0.717) is 0 Å². The number of hydrogen-bond donors (Lipinski definition) is 0. The molecule has 1 aliphatic carbocycles. The molecule has 1 aromatic heterocycles. The van der Waals surface area contributed by atoms with Gasteiger partial charge in [-0.15, -0.1) is 11.3 Å². The molecule has 11 aromatic rings. The van der Waals surface area contributed by atoms with Crippen molar-refractivity contribution >= 4 is 80.9 Å². The van der Waals surface area contributed by atoms with Crippen LogP contribution in [0.4, 0.5) is 17.1 Å². The van der Waals surface area contributed by atoms with Gasteiger partial charge in [-0.3, -0.25) is 0 Å². The Bertz CT molecular complexity index is 3430. The van der Waals surface area contributed by atoms with Crippen molar-refractivity contribution in [1.82, 2.24) is 0 Å². The number of fused-ring (bicyclic) bond motifs is 12. The van der Waals surface area contributed by atoms with E-state index in [-0.39, 0.29) is 5.41 Å². The van der Waals surface area contributed by atoms with Crippen LogP contribution < -0.4 is 4.90 Å². The third kappa shape index (κ3) is 5.16. The highest BCUT2D eigenvalue weighted by Crippen LogP contribution is 2.53. The molecular weight excluding hydrogens is 731 g/mol. The SMILES string of the molecule is CC1(C)c2ccccc2-c2ccc(N(c3ccc4c5ccccc5c5ccccc5c4c3)c3ccc4c(sc5ccccc54)c3-c3ccc(-c4ccccc4)cc3)cc21. The first-order valence-electron chi connectivity index (χ1n) is 20.5. The normalized spacial score (nSPS) is 13.1. The first-order valence-corrected chi connectivity index (χ1v) is 21.3. The van der Waals surface area contributed by atoms with E-state index in [9.17, 15) is 0 Å². The molecule has 0 saturated heterocycles. The molecule has 1 heterocycles. The summed E-state index contributed by atoms with van der Waals surface area (Å²) in [5, 5.41) is 10.2. The third-order valence-corrected chi connectivity index (χ3v) is 14.1. The molecule has 0 N–H and O–H groups in total. The highest BCUT2D eigenvalue weighted by atomic mass is 32.1. The lowest BCUT2D eigenvalue weighted by Gasteiger charge is -2.30. The molecule has 0 atom stereocenters. The van der Waals surface area contributed by atoms with Gasteiger partial charge < -0.3 is 4.90 Å². The van der Waals surface area contributed by atoms with Crippen molar-refractivity contribution in [3.8, 4) is 33.4 Å². The molecule has 0 radical (unpaired) electrons. The van der Waals surface area contributed by atoms with E-state index in [4.69, 9.17) is 0 Å². The number of thiophene rings is 1. The fourth-order valence-corrected chi connectivity index (χ4v) is 11.3. The highest BCUT2D eigenvalue weighted by molar-refractivity contribution is 7.26. The number of hydrogen-bond acceptors (Lipinski definition) is 2. The molecule has 0 bridgehead atoms. The molecule has 2 heteroatoms. The summed E-state index contributed by atoms with van der Waals surface area (Å²) in [6, 6.07) is 74.5. The number of benzene rings is 10. The van der Waals surface area contributed by atoms with Gasteiger partial charge in [-0.2, -0.15) is 0 Å². The Morgan fingerprint density at radius 1 is 0.373 bits per heavy atom. The Morgan fingerprint density at radius 2 is 0.898 bits per heavy atom. The molecule has 12 rings (SSSR count). The van der Waals surface area contributed by atoms with Gasteiger partial charge in [0.15, 0.2) is 0 Å². The largest absolute Gasteiger partial charge is 0.310 e. The van der Waals surface area contributed by atoms with Gasteiger partial charge in [-0.25, -0.2) is 0 Å². The lowest BCUT2D eigenvalue weighted by atomic mass is 9.82. The Kier molecular flexibility index (Phi) is 7.51. The van der Waals surface area contributed by atoms with Crippen LogP contribution in [0.1, 0.15) is 25.0 Å². The van der Waals surface area contributed by atoms with Crippen LogP contribution in [0.5, 0.6) is 0 Å². The van der Waals surface area contributed by atoms with Crippen LogP contribution in [-0.4, -0.2) is 0 Å². The summed E-state index contributed by atoms with van der Waals surface area (Å²) < 4.78 is 2.60. The van der Waals surface area contributed by atoms with E-state index >= 15 is 0 Å². The smallest absolute Gasteiger partial charge is 0.0554 e. The van der Waals surface area contributed by atoms with Crippen molar-refractivity contribution in [2.75, 3.05) is 4.90 Å². The second-order valence-corrected chi connectivity index (χ2v) is 17.5. The van der Waals surface area contributed by atoms with Gasteiger partial charge in [0.1, 0.15) is 0 Å². The van der Waals surface area contributed by atoms with Gasteiger partial charge in [0.2, 0.25) is 0 Å². The topological polar surface area (TPSA) is 3.24 Å². The summed E-state index contributed by atoms with van der Waals surface area (Å²) in [7, 11) is 0. The van der Waals surface area contributed by atoms with Crippen molar-refractivity contribution in [3.05, 3.63) is 211 Å². The number of rotatable bonds is 5. The predicted molar refractivity (Wildman–Crippen MR) is 255 cm³/mol. The van der Waals surface area contributed by atoms with Crippen molar-refractivity contribution in [3.63, 3.8) is 0 Å². The van der Waals surface area contributed by atoms with E-state index in [1.807, 2.05) is 11.3 Å². The van der Waals surface area contributed by atoms with Gasteiger partial charge in [0.05, 0.1) is 5.69 Å². The van der Waals surface area contributed by atoms with Crippen LogP contribution in [0, 0.1) is 0 Å². The van der Waals surface area contributed by atoms with Gasteiger partial charge in [-0.1, -0.05) is 178 Å². The molecule has 0 aliphatic heterocycles. The Labute approximate surface area is 348 Å². The second kappa shape index (κ2) is 13.0. The second-order valence-electron chi connectivity index (χ2n) is 16.4. The van der Waals surface area contributed by atoms with Gasteiger partial charge >= 0.3 is 0 Å². The highest BCUT2D eigenvalue weighted by Gasteiger charge is 2.36. The van der Waals surface area contributed by atoms with E-state index < -0.39 is 0 Å². The number of nitrogens with zero attached hydrogens (tertiary/aromatic N) is 1. The zero-order valence-corrected chi connectivity index (χ0v) is 33.7. The Hall–Kier alpha value is -7.00. The molecule has 0 saturated carbocycles. The van der Waals surface area contributed by atoms with Crippen LogP contribution in [0.2, 0.25) is 0 Å². The molecule has 278 valence electrons. The van der Waals surface area contributed by atoms with Crippen LogP contribution >= 0.6 is 11.3 Å². The summed E-state index contributed by atoms with van der Waals surface area (Å²) >= 11 is 1.90. The molecule has 10 aromatic carbocycles. The maximum Gasteiger partial charge on any atom is 0.0554 e. The zero-order valence-electron chi connectivity index (χ0n) is 32.9. The van der Waals surface area contributed by atoms with Gasteiger partial charge in [-0.05, 0) is 108 Å². The minimum absolute atomic E-state index is 0.141. The lowest BCUT2D eigenvalue weighted by Crippen LogP contribution is -2.17. The summed E-state index contributed by atoms with van der Waals surface area (Å²) in [5.74, 6) is 0. The quantitative estimate of drug-likeness (QED) is 0.158. The van der Waals surface area contributed by atoms with Crippen molar-refractivity contribution < 1.29 is 0 Å². The van der Waals surface area contributed by atoms with Gasteiger partial charge in [0.25, 0.3) is 0 Å². The number of anilines is 3. The standard InChI is InChI=1S/C57H39NS/c1-57(2)51-22-12-10-20-46(51)47-31-29-40(35-52(47)57)58(39-28-30-45-43-18-7-6-16-41(43)42-17-8-9-19-44(42)50(45)34-39)53-33-32-49-48-21-11-13-23-54(48)59-56(49)55(53)38-26-24-37(25-27-38)36-14-4-3-5-15-36/h3-35H,1-2H3. The molecule has 0 spiro atoms. The van der Waals surface area contributed by atoms with Crippen molar-refractivity contribution in [1.29, 1.82) is 0 Å². The van der Waals surface area contributed by atoms with E-state index in [0.717, 1.165) is 17.1 Å². The fourth-order valence-electron chi connectivity index (χ4n) is 10.00. The Balaban J connectivity index is 1.16. The summed E-state index contributed by atoms with van der Waals surface area (Å²) in [4.78, 5) is 2.53. The summed E-state index contributed by atoms with van der Waals surface area (Å²) in [6.07, 6.45) is 0. The van der Waals surface area contributed by atoms with E-state index in [1.165, 1.54) is 97.0 Å². The maximum atomic E-state index is 2.53. The minimum atomic E-state index is -0.141. The first kappa shape index (κ1) is 34.1. The molecule has 1 nitrogen and oxygen atoms in total. The van der Waals surface area contributed by atoms with Crippen molar-refractivity contribution in [2.24, 2.45) is 0 Å². The fraction of sp³-hybridized carbons (Fsp3) is 0.0526. The minimum Gasteiger partial charge on any atom is -0.310 e. The average Bonchev–Trinajstić information content (AvgIpc) is 3.78. The zero-order chi connectivity index (χ0) is 39.2. The first-order chi connectivity index (χ1) is 29.0. The van der Waals surface area contributed by atoms with Crippen LogP contribution in [0.3, 0.4) is 0 Å². The maximum absolute atomic E-state index is 2.53. The summed E-state index contributed by atoms with van der Waals surface area (Å²) in [6.45, 7) is 4.75. The average molecular weight is 770 g/mol.